The van der Waals surface area contributed by atoms with Crippen molar-refractivity contribution in [3.05, 3.63) is 22.8 Å². The molecule has 0 radical (unpaired) electrons. The highest BCUT2D eigenvalue weighted by atomic mass is 32.2. The fourth-order valence-electron chi connectivity index (χ4n) is 1.69. The maximum Gasteiger partial charge on any atom is 0.283 e. The first-order valence-electron chi connectivity index (χ1n) is 6.21. The van der Waals surface area contributed by atoms with Gasteiger partial charge in [0.25, 0.3) is 10.0 Å². The van der Waals surface area contributed by atoms with Crippen LogP contribution in [0, 0.1) is 6.92 Å². The number of H-pyrrole nitrogens is 1. The Balaban J connectivity index is 2.23. The smallest absolute Gasteiger partial charge is 0.283 e. The number of hydrogen-bond donors (Lipinski definition) is 3. The van der Waals surface area contributed by atoms with Crippen LogP contribution in [-0.4, -0.2) is 30.1 Å². The van der Waals surface area contributed by atoms with Gasteiger partial charge in [0, 0.05) is 29.4 Å². The van der Waals surface area contributed by atoms with Crippen LogP contribution in [0.15, 0.2) is 16.6 Å². The van der Waals surface area contributed by atoms with Gasteiger partial charge in [-0.2, -0.15) is 13.5 Å². The molecule has 0 amide bonds. The van der Waals surface area contributed by atoms with Crippen LogP contribution in [0.2, 0.25) is 0 Å². The van der Waals surface area contributed by atoms with Gasteiger partial charge in [0.05, 0.1) is 0 Å². The summed E-state index contributed by atoms with van der Waals surface area (Å²) in [6, 6.07) is 0. The van der Waals surface area contributed by atoms with Gasteiger partial charge in [-0.3, -0.25) is 9.82 Å². The minimum atomic E-state index is -3.71. The van der Waals surface area contributed by atoms with Crippen molar-refractivity contribution in [2.24, 2.45) is 0 Å². The van der Waals surface area contributed by atoms with Crippen LogP contribution >= 0.6 is 11.3 Å². The minimum absolute atomic E-state index is 0.0220. The lowest BCUT2D eigenvalue weighted by Crippen LogP contribution is -2.19. The summed E-state index contributed by atoms with van der Waals surface area (Å²) in [5, 5.41) is 11.9. The molecule has 2 aromatic heterocycles. The van der Waals surface area contributed by atoms with Crippen molar-refractivity contribution in [2.45, 2.75) is 31.8 Å². The number of aromatic amines is 1. The summed E-state index contributed by atoms with van der Waals surface area (Å²) < 4.78 is 27.1. The van der Waals surface area contributed by atoms with Crippen LogP contribution in [0.5, 0.6) is 0 Å². The summed E-state index contributed by atoms with van der Waals surface area (Å²) in [6.45, 7) is 5.14. The monoisotopic (exact) mass is 315 g/mol. The van der Waals surface area contributed by atoms with E-state index in [-0.39, 0.29) is 5.03 Å². The lowest BCUT2D eigenvalue weighted by atomic mass is 10.2. The van der Waals surface area contributed by atoms with E-state index < -0.39 is 10.0 Å². The second-order valence-corrected chi connectivity index (χ2v) is 6.74. The highest BCUT2D eigenvalue weighted by Gasteiger charge is 2.24. The van der Waals surface area contributed by atoms with E-state index in [1.165, 1.54) is 11.3 Å². The molecule has 0 fully saturated rings. The first-order chi connectivity index (χ1) is 9.54. The van der Waals surface area contributed by atoms with Crippen molar-refractivity contribution in [1.29, 1.82) is 0 Å². The van der Waals surface area contributed by atoms with Gasteiger partial charge >= 0.3 is 0 Å². The molecule has 2 heterocycles. The van der Waals surface area contributed by atoms with Gasteiger partial charge in [0.15, 0.2) is 5.13 Å². The van der Waals surface area contributed by atoms with Crippen molar-refractivity contribution < 1.29 is 8.42 Å². The van der Waals surface area contributed by atoms with Crippen LogP contribution in [0.3, 0.4) is 0 Å². The van der Waals surface area contributed by atoms with E-state index >= 15 is 0 Å². The highest BCUT2D eigenvalue weighted by molar-refractivity contribution is 7.92. The zero-order valence-electron chi connectivity index (χ0n) is 11.3. The maximum absolute atomic E-state index is 12.3. The predicted octanol–water partition coefficient (Wildman–Crippen LogP) is 1.48. The Bertz CT molecular complexity index is 648. The molecule has 0 saturated heterocycles. The highest BCUT2D eigenvalue weighted by Crippen LogP contribution is 2.20. The lowest BCUT2D eigenvalue weighted by molar-refractivity contribution is 0.593. The predicted molar refractivity (Wildman–Crippen MR) is 78.2 cm³/mol. The summed E-state index contributed by atoms with van der Waals surface area (Å²) in [7, 11) is -3.71. The van der Waals surface area contributed by atoms with E-state index in [2.05, 4.69) is 32.1 Å². The number of thiazole rings is 1. The third-order valence-electron chi connectivity index (χ3n) is 2.67. The summed E-state index contributed by atoms with van der Waals surface area (Å²) >= 11 is 1.22. The Morgan fingerprint density at radius 3 is 2.90 bits per heavy atom. The average molecular weight is 315 g/mol. The topological polar surface area (TPSA) is 99.8 Å². The van der Waals surface area contributed by atoms with E-state index in [0.717, 1.165) is 18.7 Å². The number of hydrogen-bond acceptors (Lipinski definition) is 6. The normalized spacial score (nSPS) is 11.7. The molecular formula is C11H17N5O2S2. The van der Waals surface area contributed by atoms with Crippen LogP contribution in [-0.2, 0) is 16.6 Å². The van der Waals surface area contributed by atoms with E-state index in [4.69, 9.17) is 0 Å². The van der Waals surface area contributed by atoms with E-state index in [1.807, 2.05) is 0 Å². The Morgan fingerprint density at radius 2 is 2.25 bits per heavy atom. The fourth-order valence-corrected chi connectivity index (χ4v) is 3.68. The molecular weight excluding hydrogens is 298 g/mol. The Labute approximate surface area is 121 Å². The molecule has 0 bridgehead atoms. The molecule has 20 heavy (non-hydrogen) atoms. The van der Waals surface area contributed by atoms with Crippen molar-refractivity contribution in [3.63, 3.8) is 0 Å². The Morgan fingerprint density at radius 1 is 1.45 bits per heavy atom. The molecule has 0 aliphatic rings. The summed E-state index contributed by atoms with van der Waals surface area (Å²) in [5.74, 6) is 0. The molecule has 0 spiro atoms. The largest absolute Gasteiger partial charge is 0.313 e. The maximum atomic E-state index is 12.3. The standard InChI is InChI=1S/C11H17N5O2S2/c1-3-4-12-7-9-8(2)14-15-10(9)20(17,18)16-11-13-5-6-19-11/h5-6,12H,3-4,7H2,1-2H3,(H,13,16)(H,14,15). The molecule has 0 unspecified atom stereocenters. The fraction of sp³-hybridized carbons (Fsp3) is 0.455. The number of rotatable bonds is 7. The van der Waals surface area contributed by atoms with E-state index in [9.17, 15) is 8.42 Å². The molecule has 3 N–H and O–H groups in total. The second kappa shape index (κ2) is 6.33. The molecule has 0 aliphatic heterocycles. The zero-order valence-corrected chi connectivity index (χ0v) is 12.9. The van der Waals surface area contributed by atoms with Crippen LogP contribution in [0.25, 0.3) is 0 Å². The molecule has 0 atom stereocenters. The van der Waals surface area contributed by atoms with Gasteiger partial charge in [-0.25, -0.2) is 4.98 Å². The van der Waals surface area contributed by atoms with E-state index in [1.54, 1.807) is 18.5 Å². The van der Waals surface area contributed by atoms with Gasteiger partial charge < -0.3 is 5.32 Å². The number of nitrogens with zero attached hydrogens (tertiary/aromatic N) is 2. The summed E-state index contributed by atoms with van der Waals surface area (Å²) in [4.78, 5) is 3.91. The van der Waals surface area contributed by atoms with Crippen molar-refractivity contribution >= 4 is 26.5 Å². The molecule has 9 heteroatoms. The number of aryl methyl sites for hydroxylation is 1. The molecule has 110 valence electrons. The zero-order chi connectivity index (χ0) is 14.6. The van der Waals surface area contributed by atoms with Gasteiger partial charge in [0.2, 0.25) is 5.03 Å². The lowest BCUT2D eigenvalue weighted by Gasteiger charge is -2.07. The third kappa shape index (κ3) is 3.35. The quantitative estimate of drug-likeness (QED) is 0.672. The number of sulfonamides is 1. The molecule has 0 aromatic carbocycles. The van der Waals surface area contributed by atoms with Crippen molar-refractivity contribution in [2.75, 3.05) is 11.3 Å². The molecule has 0 aliphatic carbocycles. The molecule has 2 rings (SSSR count). The number of nitrogens with one attached hydrogen (secondary N) is 3. The van der Waals surface area contributed by atoms with Crippen molar-refractivity contribution in [1.82, 2.24) is 20.5 Å². The van der Waals surface area contributed by atoms with Crippen molar-refractivity contribution in [3.8, 4) is 0 Å². The SMILES string of the molecule is CCCNCc1c(S(=O)(=O)Nc2nccs2)n[nH]c1C. The van der Waals surface area contributed by atoms with Gasteiger partial charge in [0.1, 0.15) is 0 Å². The van der Waals surface area contributed by atoms with Crippen LogP contribution in [0.4, 0.5) is 5.13 Å². The van der Waals surface area contributed by atoms with E-state index in [0.29, 0.717) is 17.2 Å². The Hall–Kier alpha value is -1.45. The van der Waals surface area contributed by atoms with Gasteiger partial charge in [-0.15, -0.1) is 11.3 Å². The van der Waals surface area contributed by atoms with Crippen LogP contribution < -0.4 is 10.0 Å². The first-order valence-corrected chi connectivity index (χ1v) is 8.57. The number of aromatic nitrogens is 3. The van der Waals surface area contributed by atoms with Gasteiger partial charge in [-0.1, -0.05) is 6.92 Å². The second-order valence-electron chi connectivity index (χ2n) is 4.25. The first kappa shape index (κ1) is 14.9. The molecule has 0 saturated carbocycles. The summed E-state index contributed by atoms with van der Waals surface area (Å²) in [6.07, 6.45) is 2.53. The Kier molecular flexibility index (Phi) is 4.73. The van der Waals surface area contributed by atoms with Crippen LogP contribution in [0.1, 0.15) is 24.6 Å². The minimum Gasteiger partial charge on any atom is -0.313 e. The summed E-state index contributed by atoms with van der Waals surface area (Å²) in [5.41, 5.74) is 1.40. The average Bonchev–Trinajstić information content (AvgIpc) is 3.00. The van der Waals surface area contributed by atoms with Gasteiger partial charge in [-0.05, 0) is 19.9 Å². The molecule has 7 nitrogen and oxygen atoms in total. The third-order valence-corrected chi connectivity index (χ3v) is 4.80. The number of anilines is 1. The molecule has 2 aromatic rings.